The molecule has 0 bridgehead atoms. The summed E-state index contributed by atoms with van der Waals surface area (Å²) in [4.78, 5) is 19.4. The minimum Gasteiger partial charge on any atom is -0.331 e. The Kier molecular flexibility index (Phi) is 2.38. The molecular weight excluding hydrogens is 234 g/mol. The fraction of sp³-hybridized carbons (Fsp3) is 0. The highest BCUT2D eigenvalue weighted by Crippen LogP contribution is 2.25. The minimum atomic E-state index is -0.138. The van der Waals surface area contributed by atoms with Gasteiger partial charge in [-0.3, -0.25) is 10.1 Å². The van der Waals surface area contributed by atoms with E-state index < -0.39 is 0 Å². The smallest absolute Gasteiger partial charge is 0.268 e. The van der Waals surface area contributed by atoms with Gasteiger partial charge in [0.2, 0.25) is 5.95 Å². The molecule has 0 aliphatic rings. The van der Waals surface area contributed by atoms with Crippen molar-refractivity contribution in [1.82, 2.24) is 9.97 Å². The number of nitrogens with one attached hydrogen (secondary N) is 2. The number of hydrogen-bond acceptors (Lipinski definition) is 3. The van der Waals surface area contributed by atoms with Gasteiger partial charge in [-0.2, -0.15) is 0 Å². The first-order valence-electron chi connectivity index (χ1n) is 5.12. The van der Waals surface area contributed by atoms with Crippen molar-refractivity contribution in [2.24, 2.45) is 0 Å². The first kappa shape index (κ1) is 10.0. The van der Waals surface area contributed by atoms with E-state index in [9.17, 15) is 4.79 Å². The van der Waals surface area contributed by atoms with Gasteiger partial charge in [0.15, 0.2) is 0 Å². The second-order valence-electron chi connectivity index (χ2n) is 3.54. The van der Waals surface area contributed by atoms with Gasteiger partial charge in [-0.05, 0) is 17.5 Å². The fourth-order valence-corrected chi connectivity index (χ4v) is 2.55. The number of nitrogens with zero attached hydrogens (tertiary/aromatic N) is 1. The largest absolute Gasteiger partial charge is 0.331 e. The molecule has 2 heterocycles. The number of carbonyl (C=O) groups excluding carboxylic acids is 1. The third kappa shape index (κ3) is 1.92. The number of anilines is 1. The van der Waals surface area contributed by atoms with E-state index in [4.69, 9.17) is 0 Å². The molecule has 0 unspecified atom stereocenters. The molecule has 17 heavy (non-hydrogen) atoms. The normalized spacial score (nSPS) is 10.6. The molecule has 1 aromatic carbocycles. The SMILES string of the molecule is O=C(Nc1ncc[nH]1)c1cc2ccccc2s1. The number of amides is 1. The molecule has 4 nitrogen and oxygen atoms in total. The third-order valence-electron chi connectivity index (χ3n) is 2.38. The van der Waals surface area contributed by atoms with Gasteiger partial charge in [0, 0.05) is 17.1 Å². The highest BCUT2D eigenvalue weighted by Gasteiger charge is 2.10. The van der Waals surface area contributed by atoms with Crippen molar-refractivity contribution in [3.63, 3.8) is 0 Å². The lowest BCUT2D eigenvalue weighted by atomic mass is 10.2. The zero-order valence-electron chi connectivity index (χ0n) is 8.81. The Balaban J connectivity index is 1.90. The van der Waals surface area contributed by atoms with Gasteiger partial charge in [0.25, 0.3) is 5.91 Å². The van der Waals surface area contributed by atoms with E-state index in [1.807, 2.05) is 30.3 Å². The molecule has 2 aromatic heterocycles. The second kappa shape index (κ2) is 4.03. The van der Waals surface area contributed by atoms with Crippen molar-refractivity contribution in [2.45, 2.75) is 0 Å². The fourth-order valence-electron chi connectivity index (χ4n) is 1.60. The summed E-state index contributed by atoms with van der Waals surface area (Å²) in [5.41, 5.74) is 0. The van der Waals surface area contributed by atoms with Gasteiger partial charge in [-0.25, -0.2) is 4.98 Å². The lowest BCUT2D eigenvalue weighted by molar-refractivity contribution is 0.103. The third-order valence-corrected chi connectivity index (χ3v) is 3.49. The van der Waals surface area contributed by atoms with Crippen LogP contribution in [-0.2, 0) is 0 Å². The van der Waals surface area contributed by atoms with Crippen LogP contribution in [0.15, 0.2) is 42.7 Å². The summed E-state index contributed by atoms with van der Waals surface area (Å²) >= 11 is 1.47. The summed E-state index contributed by atoms with van der Waals surface area (Å²) in [6.45, 7) is 0. The summed E-state index contributed by atoms with van der Waals surface area (Å²) < 4.78 is 1.11. The predicted octanol–water partition coefficient (Wildman–Crippen LogP) is 2.88. The van der Waals surface area contributed by atoms with Crippen LogP contribution >= 0.6 is 11.3 Å². The monoisotopic (exact) mass is 243 g/mol. The lowest BCUT2D eigenvalue weighted by Gasteiger charge is -1.97. The van der Waals surface area contributed by atoms with Crippen LogP contribution in [0, 0.1) is 0 Å². The zero-order valence-corrected chi connectivity index (χ0v) is 9.62. The maximum absolute atomic E-state index is 11.9. The number of aromatic amines is 1. The first-order chi connectivity index (χ1) is 8.33. The zero-order chi connectivity index (χ0) is 11.7. The van der Waals surface area contributed by atoms with Crippen LogP contribution in [0.2, 0.25) is 0 Å². The molecule has 0 aliphatic heterocycles. The number of thiophene rings is 1. The van der Waals surface area contributed by atoms with Crippen LogP contribution < -0.4 is 5.32 Å². The van der Waals surface area contributed by atoms with Gasteiger partial charge >= 0.3 is 0 Å². The van der Waals surface area contributed by atoms with Crippen molar-refractivity contribution in [1.29, 1.82) is 0 Å². The number of imidazole rings is 1. The average Bonchev–Trinajstić information content (AvgIpc) is 2.96. The number of H-pyrrole nitrogens is 1. The Hall–Kier alpha value is -2.14. The molecule has 3 rings (SSSR count). The number of carbonyl (C=O) groups is 1. The summed E-state index contributed by atoms with van der Waals surface area (Å²) in [7, 11) is 0. The van der Waals surface area contributed by atoms with Gasteiger partial charge in [-0.15, -0.1) is 11.3 Å². The summed E-state index contributed by atoms with van der Waals surface area (Å²) in [6.07, 6.45) is 3.26. The highest BCUT2D eigenvalue weighted by atomic mass is 32.1. The summed E-state index contributed by atoms with van der Waals surface area (Å²) in [5.74, 6) is 0.327. The molecule has 2 N–H and O–H groups in total. The van der Waals surface area contributed by atoms with Crippen molar-refractivity contribution in [3.05, 3.63) is 47.6 Å². The molecule has 3 aromatic rings. The number of aromatic nitrogens is 2. The molecule has 0 atom stereocenters. The van der Waals surface area contributed by atoms with E-state index in [0.717, 1.165) is 10.1 Å². The predicted molar refractivity (Wildman–Crippen MR) is 68.4 cm³/mol. The van der Waals surface area contributed by atoms with E-state index in [0.29, 0.717) is 10.8 Å². The highest BCUT2D eigenvalue weighted by molar-refractivity contribution is 7.20. The van der Waals surface area contributed by atoms with E-state index in [2.05, 4.69) is 15.3 Å². The van der Waals surface area contributed by atoms with Crippen molar-refractivity contribution in [3.8, 4) is 0 Å². The van der Waals surface area contributed by atoms with E-state index >= 15 is 0 Å². The molecule has 0 saturated heterocycles. The van der Waals surface area contributed by atoms with Gasteiger partial charge in [0.05, 0.1) is 4.88 Å². The van der Waals surface area contributed by atoms with Crippen LogP contribution in [0.25, 0.3) is 10.1 Å². The maximum atomic E-state index is 11.9. The van der Waals surface area contributed by atoms with E-state index in [-0.39, 0.29) is 5.91 Å². The first-order valence-corrected chi connectivity index (χ1v) is 5.94. The molecule has 0 saturated carbocycles. The van der Waals surface area contributed by atoms with E-state index in [1.165, 1.54) is 11.3 Å². The van der Waals surface area contributed by atoms with Crippen LogP contribution in [0.5, 0.6) is 0 Å². The Bertz CT molecular complexity index is 624. The van der Waals surface area contributed by atoms with Gasteiger partial charge < -0.3 is 4.98 Å². The summed E-state index contributed by atoms with van der Waals surface area (Å²) in [5, 5.41) is 3.79. The summed E-state index contributed by atoms with van der Waals surface area (Å²) in [6, 6.07) is 9.81. The minimum absolute atomic E-state index is 0.138. The van der Waals surface area contributed by atoms with Crippen molar-refractivity contribution < 1.29 is 4.79 Å². The van der Waals surface area contributed by atoms with Crippen molar-refractivity contribution in [2.75, 3.05) is 5.32 Å². The number of fused-ring (bicyclic) bond motifs is 1. The molecule has 0 radical (unpaired) electrons. The topological polar surface area (TPSA) is 57.8 Å². The number of rotatable bonds is 2. The molecule has 5 heteroatoms. The molecule has 0 aliphatic carbocycles. The quantitative estimate of drug-likeness (QED) is 0.727. The van der Waals surface area contributed by atoms with Crippen LogP contribution in [0.1, 0.15) is 9.67 Å². The number of benzene rings is 1. The Morgan fingerprint density at radius 3 is 3.00 bits per heavy atom. The second-order valence-corrected chi connectivity index (χ2v) is 4.62. The van der Waals surface area contributed by atoms with Crippen molar-refractivity contribution >= 4 is 33.3 Å². The van der Waals surface area contributed by atoms with Gasteiger partial charge in [0.1, 0.15) is 0 Å². The molecule has 84 valence electrons. The Labute approximate surface area is 101 Å². The molecule has 0 fully saturated rings. The van der Waals surface area contributed by atoms with Gasteiger partial charge in [-0.1, -0.05) is 18.2 Å². The Morgan fingerprint density at radius 1 is 1.35 bits per heavy atom. The number of hydrogen-bond donors (Lipinski definition) is 2. The van der Waals surface area contributed by atoms with E-state index in [1.54, 1.807) is 12.4 Å². The maximum Gasteiger partial charge on any atom is 0.268 e. The lowest BCUT2D eigenvalue weighted by Crippen LogP contribution is -2.11. The molecular formula is C12H9N3OS. The van der Waals surface area contributed by atoms with Crippen LogP contribution in [-0.4, -0.2) is 15.9 Å². The standard InChI is InChI=1S/C12H9N3OS/c16-11(15-12-13-5-6-14-12)10-7-8-3-1-2-4-9(8)17-10/h1-7H,(H2,13,14,15,16). The molecule has 0 spiro atoms. The Morgan fingerprint density at radius 2 is 2.24 bits per heavy atom. The van der Waals surface area contributed by atoms with Crippen LogP contribution in [0.3, 0.4) is 0 Å². The average molecular weight is 243 g/mol. The molecule has 1 amide bonds. The van der Waals surface area contributed by atoms with Crippen LogP contribution in [0.4, 0.5) is 5.95 Å².